The van der Waals surface area contributed by atoms with Gasteiger partial charge < -0.3 is 5.21 Å². The Morgan fingerprint density at radius 3 is 2.74 bits per heavy atom. The van der Waals surface area contributed by atoms with Crippen molar-refractivity contribution >= 4 is 29.3 Å². The van der Waals surface area contributed by atoms with Gasteiger partial charge in [-0.25, -0.2) is 9.72 Å². The second-order valence-corrected chi connectivity index (χ2v) is 6.92. The van der Waals surface area contributed by atoms with Crippen molar-refractivity contribution in [3.05, 3.63) is 52.6 Å². The summed E-state index contributed by atoms with van der Waals surface area (Å²) in [4.78, 5) is 5.34. The average molecular weight is 354 g/mol. The van der Waals surface area contributed by atoms with Crippen LogP contribution in [0.1, 0.15) is 18.2 Å². The van der Waals surface area contributed by atoms with Crippen LogP contribution in [0, 0.1) is 5.21 Å². The molecule has 1 aromatic heterocycles. The molecule has 0 aliphatic rings. The molecule has 1 aromatic carbocycles. The van der Waals surface area contributed by atoms with Gasteiger partial charge in [0, 0.05) is 11.3 Å². The number of thiazole rings is 1. The molecule has 23 heavy (non-hydrogen) atoms. The molecule has 0 aliphatic carbocycles. The van der Waals surface area contributed by atoms with Gasteiger partial charge in [0.15, 0.2) is 17.1 Å². The van der Waals surface area contributed by atoms with Crippen LogP contribution in [0.15, 0.2) is 46.8 Å². The Morgan fingerprint density at radius 1 is 1.35 bits per heavy atom. The molecule has 0 aliphatic heterocycles. The van der Waals surface area contributed by atoms with E-state index in [1.807, 2.05) is 30.3 Å². The molecule has 2 aromatic rings. The van der Waals surface area contributed by atoms with E-state index < -0.39 is 6.08 Å². The topological polar surface area (TPSA) is 39.0 Å². The molecule has 0 radical (unpaired) electrons. The largest absolute Gasteiger partial charge is 0.624 e. The Kier molecular flexibility index (Phi) is 6.73. The van der Waals surface area contributed by atoms with Crippen LogP contribution in [0.3, 0.4) is 0 Å². The van der Waals surface area contributed by atoms with E-state index in [-0.39, 0.29) is 6.42 Å². The lowest BCUT2D eigenvalue weighted by molar-refractivity contribution is -0.447. The van der Waals surface area contributed by atoms with Crippen LogP contribution in [-0.2, 0) is 0 Å². The van der Waals surface area contributed by atoms with Crippen LogP contribution in [0.2, 0.25) is 0 Å². The number of allylic oxidation sites excluding steroid dienone is 1. The van der Waals surface area contributed by atoms with E-state index in [0.29, 0.717) is 12.3 Å². The maximum atomic E-state index is 12.0. The molecule has 1 heterocycles. The molecule has 0 spiro atoms. The van der Waals surface area contributed by atoms with E-state index in [1.54, 1.807) is 6.92 Å². The van der Waals surface area contributed by atoms with Gasteiger partial charge in [-0.2, -0.15) is 8.78 Å². The number of halogens is 2. The van der Waals surface area contributed by atoms with Gasteiger partial charge in [-0.05, 0) is 19.4 Å². The van der Waals surface area contributed by atoms with Crippen molar-refractivity contribution in [3.63, 3.8) is 0 Å². The number of rotatable bonds is 7. The highest BCUT2D eigenvalue weighted by Crippen LogP contribution is 2.32. The van der Waals surface area contributed by atoms with Crippen LogP contribution in [-0.4, -0.2) is 28.2 Å². The van der Waals surface area contributed by atoms with Gasteiger partial charge in [0.1, 0.15) is 4.88 Å². The third kappa shape index (κ3) is 5.44. The second kappa shape index (κ2) is 8.79. The van der Waals surface area contributed by atoms with E-state index in [9.17, 15) is 14.0 Å². The van der Waals surface area contributed by atoms with Gasteiger partial charge in [-0.1, -0.05) is 42.1 Å². The molecule has 0 unspecified atom stereocenters. The molecule has 0 fully saturated rings. The maximum absolute atomic E-state index is 12.0. The summed E-state index contributed by atoms with van der Waals surface area (Å²) in [7, 11) is 0. The smallest absolute Gasteiger partial charge is 0.266 e. The summed E-state index contributed by atoms with van der Waals surface area (Å²) in [6.45, 7) is 2.13. The first-order valence-corrected chi connectivity index (χ1v) is 8.89. The molecule has 0 saturated heterocycles. The van der Waals surface area contributed by atoms with Crippen molar-refractivity contribution < 1.29 is 13.5 Å². The number of hydrogen-bond donors (Lipinski definition) is 0. The Balaban J connectivity index is 2.23. The molecule has 2 rings (SSSR count). The highest BCUT2D eigenvalue weighted by molar-refractivity contribution is 8.01. The lowest BCUT2D eigenvalue weighted by Gasteiger charge is -2.00. The van der Waals surface area contributed by atoms with E-state index >= 15 is 0 Å². The SMILES string of the molecule is CC/[N+]([O-])=C/c1sc(SCCC=C(F)F)nc1-c1ccccc1. The molecule has 3 nitrogen and oxygen atoms in total. The van der Waals surface area contributed by atoms with Crippen molar-refractivity contribution in [2.45, 2.75) is 17.7 Å². The van der Waals surface area contributed by atoms with Gasteiger partial charge in [0.25, 0.3) is 6.08 Å². The summed E-state index contributed by atoms with van der Waals surface area (Å²) in [5.74, 6) is 0.521. The van der Waals surface area contributed by atoms with Gasteiger partial charge in [-0.15, -0.1) is 11.3 Å². The van der Waals surface area contributed by atoms with Gasteiger partial charge in [0.05, 0.1) is 5.69 Å². The fourth-order valence-corrected chi connectivity index (χ4v) is 3.88. The van der Waals surface area contributed by atoms with E-state index in [0.717, 1.165) is 31.3 Å². The van der Waals surface area contributed by atoms with Gasteiger partial charge >= 0.3 is 0 Å². The molecular weight excluding hydrogens is 338 g/mol. The van der Waals surface area contributed by atoms with Crippen molar-refractivity contribution in [2.24, 2.45) is 0 Å². The summed E-state index contributed by atoms with van der Waals surface area (Å²) < 4.78 is 25.7. The molecule has 7 heteroatoms. The Bertz CT molecular complexity index is 695. The summed E-state index contributed by atoms with van der Waals surface area (Å²) in [6.07, 6.45) is 1.07. The summed E-state index contributed by atoms with van der Waals surface area (Å²) in [5, 5.41) is 11.7. The fraction of sp³-hybridized carbons (Fsp3) is 0.250. The zero-order chi connectivity index (χ0) is 16.7. The lowest BCUT2D eigenvalue weighted by Crippen LogP contribution is -2.03. The zero-order valence-corrected chi connectivity index (χ0v) is 14.2. The molecule has 0 N–H and O–H groups in total. The van der Waals surface area contributed by atoms with E-state index in [2.05, 4.69) is 4.98 Å². The fourth-order valence-electron chi connectivity index (χ4n) is 1.80. The second-order valence-electron chi connectivity index (χ2n) is 4.55. The molecule has 0 saturated carbocycles. The molecule has 0 bridgehead atoms. The molecular formula is C16H16F2N2OS2. The summed E-state index contributed by atoms with van der Waals surface area (Å²) in [6, 6.07) is 9.61. The van der Waals surface area contributed by atoms with Crippen molar-refractivity contribution in [3.8, 4) is 11.3 Å². The predicted octanol–water partition coefficient (Wildman–Crippen LogP) is 5.02. The van der Waals surface area contributed by atoms with E-state index in [1.165, 1.54) is 29.3 Å². The minimum atomic E-state index is -1.66. The number of hydroxylamine groups is 1. The first-order valence-electron chi connectivity index (χ1n) is 7.09. The maximum Gasteiger partial charge on any atom is 0.266 e. The minimum absolute atomic E-state index is 0.287. The number of nitrogens with zero attached hydrogens (tertiary/aromatic N) is 2. The monoisotopic (exact) mass is 354 g/mol. The first-order chi connectivity index (χ1) is 11.1. The molecule has 0 amide bonds. The third-order valence-electron chi connectivity index (χ3n) is 2.90. The van der Waals surface area contributed by atoms with Crippen LogP contribution >= 0.6 is 23.1 Å². The average Bonchev–Trinajstić information content (AvgIpc) is 2.95. The Labute approximate surface area is 142 Å². The highest BCUT2D eigenvalue weighted by atomic mass is 32.2. The predicted molar refractivity (Wildman–Crippen MR) is 92.5 cm³/mol. The zero-order valence-electron chi connectivity index (χ0n) is 12.5. The summed E-state index contributed by atoms with van der Waals surface area (Å²) >= 11 is 2.82. The summed E-state index contributed by atoms with van der Waals surface area (Å²) in [5.41, 5.74) is 1.68. The molecule has 122 valence electrons. The minimum Gasteiger partial charge on any atom is -0.624 e. The van der Waals surface area contributed by atoms with Crippen LogP contribution in [0.4, 0.5) is 8.78 Å². The van der Waals surface area contributed by atoms with Crippen LogP contribution < -0.4 is 0 Å². The third-order valence-corrected chi connectivity index (χ3v) is 5.06. The normalized spacial score (nSPS) is 11.5. The Morgan fingerprint density at radius 2 is 2.09 bits per heavy atom. The number of benzene rings is 1. The molecule has 0 atom stereocenters. The van der Waals surface area contributed by atoms with Crippen molar-refractivity contribution in [1.29, 1.82) is 0 Å². The first kappa shape index (κ1) is 17.6. The Hall–Kier alpha value is -1.73. The number of aromatic nitrogens is 1. The number of thioether (sulfide) groups is 1. The van der Waals surface area contributed by atoms with Crippen LogP contribution in [0.5, 0.6) is 0 Å². The van der Waals surface area contributed by atoms with Crippen molar-refractivity contribution in [2.75, 3.05) is 12.3 Å². The van der Waals surface area contributed by atoms with Crippen molar-refractivity contribution in [1.82, 2.24) is 4.98 Å². The quantitative estimate of drug-likeness (QED) is 0.175. The standard InChI is InChI=1S/C16H16F2N2OS2/c1-2-20(21)11-13-15(12-7-4-3-5-8-12)19-16(23-13)22-10-6-9-14(17)18/h3-5,7-9,11H,2,6,10H2,1H3/b20-11-. The highest BCUT2D eigenvalue weighted by Gasteiger charge is 2.14. The lowest BCUT2D eigenvalue weighted by atomic mass is 10.1. The van der Waals surface area contributed by atoms with Gasteiger partial charge in [-0.3, -0.25) is 0 Å². The van der Waals surface area contributed by atoms with E-state index in [4.69, 9.17) is 0 Å². The van der Waals surface area contributed by atoms with Gasteiger partial charge in [0.2, 0.25) is 0 Å². The number of hydrogen-bond acceptors (Lipinski definition) is 4. The van der Waals surface area contributed by atoms with Crippen LogP contribution in [0.25, 0.3) is 11.3 Å².